The van der Waals surface area contributed by atoms with Crippen molar-refractivity contribution in [1.29, 1.82) is 0 Å². The third kappa shape index (κ3) is 66.1. The van der Waals surface area contributed by atoms with Crippen LogP contribution in [0.4, 0.5) is 0 Å². The van der Waals surface area contributed by atoms with Crippen molar-refractivity contribution in [2.45, 2.75) is 334 Å². The summed E-state index contributed by atoms with van der Waals surface area (Å²) in [7, 11) is 5.98. The molecule has 0 spiro atoms. The second-order valence-electron chi connectivity index (χ2n) is 24.8. The van der Waals surface area contributed by atoms with E-state index in [2.05, 4.69) is 86.8 Å². The molecule has 0 heterocycles. The number of ether oxygens (including phenoxy) is 4. The molecule has 0 amide bonds. The lowest BCUT2D eigenvalue weighted by molar-refractivity contribution is -0.870. The van der Waals surface area contributed by atoms with Gasteiger partial charge in [0.15, 0.2) is 6.10 Å². The van der Waals surface area contributed by atoms with Gasteiger partial charge in [-0.25, -0.2) is 4.79 Å². The van der Waals surface area contributed by atoms with Gasteiger partial charge in [-0.1, -0.05) is 318 Å². The van der Waals surface area contributed by atoms with Crippen LogP contribution < -0.4 is 0 Å². The Hall–Kier alpha value is -3.27. The molecule has 0 bridgehead atoms. The molecular weight excluding hydrogens is 1030 g/mol. The molecule has 0 aromatic rings. The Kier molecular flexibility index (Phi) is 62.2. The van der Waals surface area contributed by atoms with Crippen LogP contribution in [-0.4, -0.2) is 87.4 Å². The molecule has 9 heteroatoms. The van der Waals surface area contributed by atoms with Crippen molar-refractivity contribution >= 4 is 17.9 Å². The van der Waals surface area contributed by atoms with E-state index in [-0.39, 0.29) is 32.2 Å². The van der Waals surface area contributed by atoms with Gasteiger partial charge in [-0.15, -0.1) is 0 Å². The van der Waals surface area contributed by atoms with E-state index in [1.54, 1.807) is 0 Å². The summed E-state index contributed by atoms with van der Waals surface area (Å²) < 4.78 is 23.0. The lowest BCUT2D eigenvalue weighted by Gasteiger charge is -2.25. The number of allylic oxidation sites excluding steroid dienone is 12. The molecule has 2 atom stereocenters. The molecule has 2 unspecified atom stereocenters. The van der Waals surface area contributed by atoms with Crippen LogP contribution in [0.15, 0.2) is 72.9 Å². The average Bonchev–Trinajstić information content (AvgIpc) is 3.46. The van der Waals surface area contributed by atoms with Crippen molar-refractivity contribution in [2.24, 2.45) is 0 Å². The van der Waals surface area contributed by atoms with Crippen molar-refractivity contribution < 1.29 is 42.9 Å². The maximum absolute atomic E-state index is 12.9. The first-order valence-electron chi connectivity index (χ1n) is 35.1. The number of carboxylic acid groups (broad SMARTS) is 1. The Bertz CT molecular complexity index is 1590. The number of hydrogen-bond donors (Lipinski definition) is 1. The first-order chi connectivity index (χ1) is 40.6. The van der Waals surface area contributed by atoms with Gasteiger partial charge in [-0.2, -0.15) is 0 Å². The molecule has 0 radical (unpaired) electrons. The fraction of sp³-hybridized carbons (Fsp3) is 0.797. The van der Waals surface area contributed by atoms with Gasteiger partial charge in [0, 0.05) is 12.8 Å². The number of rotatable bonds is 65. The van der Waals surface area contributed by atoms with Crippen LogP contribution in [0.2, 0.25) is 0 Å². The number of likely N-dealkylation sites (N-methyl/N-ethyl adjacent to an activating group) is 1. The molecule has 1 N–H and O–H groups in total. The van der Waals surface area contributed by atoms with Gasteiger partial charge in [0.05, 0.1) is 34.4 Å². The maximum Gasteiger partial charge on any atom is 0.361 e. The number of carboxylic acids is 1. The van der Waals surface area contributed by atoms with Gasteiger partial charge < -0.3 is 28.5 Å². The fourth-order valence-corrected chi connectivity index (χ4v) is 10.1. The number of quaternary nitrogens is 1. The largest absolute Gasteiger partial charge is 0.477 e. The zero-order valence-corrected chi connectivity index (χ0v) is 55.1. The molecule has 0 rings (SSSR count). The first kappa shape index (κ1) is 79.7. The summed E-state index contributed by atoms with van der Waals surface area (Å²) in [5, 5.41) is 9.74. The number of nitrogens with zero attached hydrogens (tertiary/aromatic N) is 1. The van der Waals surface area contributed by atoms with Gasteiger partial charge in [0.2, 0.25) is 0 Å². The zero-order valence-electron chi connectivity index (χ0n) is 55.1. The van der Waals surface area contributed by atoms with Crippen LogP contribution >= 0.6 is 0 Å². The van der Waals surface area contributed by atoms with Crippen LogP contribution in [0.5, 0.6) is 0 Å². The Morgan fingerprint density at radius 3 is 1.02 bits per heavy atom. The van der Waals surface area contributed by atoms with Crippen molar-refractivity contribution in [3.63, 3.8) is 0 Å². The van der Waals surface area contributed by atoms with E-state index < -0.39 is 24.3 Å². The third-order valence-corrected chi connectivity index (χ3v) is 15.5. The van der Waals surface area contributed by atoms with E-state index in [1.807, 2.05) is 21.1 Å². The number of hydrogen-bond acceptors (Lipinski definition) is 7. The zero-order chi connectivity index (χ0) is 60.5. The number of carbonyl (C=O) groups excluding carboxylic acids is 2. The van der Waals surface area contributed by atoms with E-state index in [4.69, 9.17) is 18.9 Å². The number of aliphatic carboxylic acids is 1. The number of esters is 2. The summed E-state index contributed by atoms with van der Waals surface area (Å²) >= 11 is 0. The molecule has 0 fully saturated rings. The molecule has 0 aromatic carbocycles. The van der Waals surface area contributed by atoms with Crippen molar-refractivity contribution in [1.82, 2.24) is 0 Å². The van der Waals surface area contributed by atoms with Crippen molar-refractivity contribution in [3.8, 4) is 0 Å². The maximum atomic E-state index is 12.9. The monoisotopic (exact) mass is 1170 g/mol. The van der Waals surface area contributed by atoms with Gasteiger partial charge in [-0.05, 0) is 64.2 Å². The predicted octanol–water partition coefficient (Wildman–Crippen LogP) is 21.7. The Morgan fingerprint density at radius 2 is 0.687 bits per heavy atom. The predicted molar refractivity (Wildman–Crippen MR) is 355 cm³/mol. The van der Waals surface area contributed by atoms with E-state index in [0.717, 1.165) is 83.5 Å². The quantitative estimate of drug-likeness (QED) is 0.0211. The first-order valence-corrected chi connectivity index (χ1v) is 35.1. The highest BCUT2D eigenvalue weighted by Crippen LogP contribution is 2.18. The summed E-state index contributed by atoms with van der Waals surface area (Å²) in [6.07, 6.45) is 83.1. The van der Waals surface area contributed by atoms with Crippen LogP contribution in [0, 0.1) is 0 Å². The van der Waals surface area contributed by atoms with Gasteiger partial charge in [-0.3, -0.25) is 9.59 Å². The Morgan fingerprint density at radius 1 is 0.373 bits per heavy atom. The van der Waals surface area contributed by atoms with Crippen molar-refractivity contribution in [2.75, 3.05) is 47.5 Å². The normalized spacial score (nSPS) is 13.1. The highest BCUT2D eigenvalue weighted by atomic mass is 16.7. The minimum atomic E-state index is -1.52. The average molecular weight is 1170 g/mol. The van der Waals surface area contributed by atoms with E-state index >= 15 is 0 Å². The molecule has 0 saturated heterocycles. The molecule has 83 heavy (non-hydrogen) atoms. The van der Waals surface area contributed by atoms with Crippen LogP contribution in [0.1, 0.15) is 322 Å². The summed E-state index contributed by atoms with van der Waals surface area (Å²) in [5.41, 5.74) is 0. The Labute approximate surface area is 513 Å². The molecule has 482 valence electrons. The smallest absolute Gasteiger partial charge is 0.361 e. The van der Waals surface area contributed by atoms with Gasteiger partial charge >= 0.3 is 17.9 Å². The van der Waals surface area contributed by atoms with Crippen LogP contribution in [0.25, 0.3) is 0 Å². The molecule has 0 aliphatic rings. The standard InChI is InChI=1S/C74H133NO8/c1-6-8-10-12-14-16-18-20-22-24-26-28-30-32-34-35-36-37-39-40-42-44-46-48-50-52-54-56-58-60-62-64-71(76)81-68-70(69-82-74(73(78)79)80-67-66-75(3,4)5)83-72(77)65-63-61-59-57-55-53-51-49-47-45-43-41-38-33-31-29-27-25-23-21-19-17-15-13-11-9-7-2/h9,11,15,17,21,23,27,29,33,38,43,45,70,74H,6-8,10,12-14,16,18-20,22,24-26,28,30-32,34-37,39-42,44,46-69H2,1-5H3/p+1/b11-9-,17-15-,23-21-,29-27-,38-33-,45-43-. The molecule has 0 saturated carbocycles. The Balaban J connectivity index is 4.11. The van der Waals surface area contributed by atoms with E-state index in [0.29, 0.717) is 23.9 Å². The minimum Gasteiger partial charge on any atom is -0.477 e. The topological polar surface area (TPSA) is 108 Å². The molecule has 9 nitrogen and oxygen atoms in total. The summed E-state index contributed by atoms with van der Waals surface area (Å²) in [6, 6.07) is 0. The lowest BCUT2D eigenvalue weighted by atomic mass is 10.0. The summed E-state index contributed by atoms with van der Waals surface area (Å²) in [4.78, 5) is 37.6. The number of carbonyl (C=O) groups is 3. The molecular formula is C74H134NO8+. The third-order valence-electron chi connectivity index (χ3n) is 15.5. The lowest BCUT2D eigenvalue weighted by Crippen LogP contribution is -2.40. The van der Waals surface area contributed by atoms with Crippen LogP contribution in [0.3, 0.4) is 0 Å². The highest BCUT2D eigenvalue weighted by molar-refractivity contribution is 5.71. The van der Waals surface area contributed by atoms with Crippen LogP contribution in [-0.2, 0) is 33.3 Å². The molecule has 0 aliphatic heterocycles. The highest BCUT2D eigenvalue weighted by Gasteiger charge is 2.25. The summed E-state index contributed by atoms with van der Waals surface area (Å²) in [6.45, 7) is 4.80. The summed E-state index contributed by atoms with van der Waals surface area (Å²) in [5.74, 6) is -2.00. The minimum absolute atomic E-state index is 0.184. The molecule has 0 aliphatic carbocycles. The SMILES string of the molecule is CC/C=C\C/C=C\C/C=C\C/C=C\C/C=C\C/C=C\CCCCCCCCCCC(=O)OC(COC(=O)CCCCCCCCCCCCCCCCCCCCCCCCCCCCCCCCC)COC(OCC[N+](C)(C)C)C(=O)O. The van der Waals surface area contributed by atoms with E-state index in [9.17, 15) is 19.5 Å². The second-order valence-corrected chi connectivity index (χ2v) is 24.8. The fourth-order valence-electron chi connectivity index (χ4n) is 10.1. The van der Waals surface area contributed by atoms with Crippen molar-refractivity contribution in [3.05, 3.63) is 72.9 Å². The van der Waals surface area contributed by atoms with E-state index in [1.165, 1.54) is 205 Å². The molecule has 0 aromatic heterocycles. The van der Waals surface area contributed by atoms with Gasteiger partial charge in [0.25, 0.3) is 6.29 Å². The number of unbranched alkanes of at least 4 members (excludes halogenated alkanes) is 38. The second kappa shape index (κ2) is 64.7. The van der Waals surface area contributed by atoms with Gasteiger partial charge in [0.1, 0.15) is 13.2 Å².